The van der Waals surface area contributed by atoms with Crippen molar-refractivity contribution >= 4 is 34.1 Å². The Morgan fingerprint density at radius 2 is 1.76 bits per heavy atom. The van der Waals surface area contributed by atoms with Gasteiger partial charge in [0.25, 0.3) is 5.91 Å². The molecule has 1 aliphatic rings. The number of rotatable bonds is 5. The van der Waals surface area contributed by atoms with Crippen LogP contribution < -0.4 is 5.32 Å². The number of aryl methyl sites for hydroxylation is 1. The van der Waals surface area contributed by atoms with Gasteiger partial charge in [0, 0.05) is 28.8 Å². The van der Waals surface area contributed by atoms with Crippen molar-refractivity contribution in [3.05, 3.63) is 94.4 Å². The monoisotopic (exact) mass is 473 g/mol. The van der Waals surface area contributed by atoms with Crippen LogP contribution in [0.1, 0.15) is 34.3 Å². The third-order valence-corrected chi connectivity index (χ3v) is 6.58. The highest BCUT2D eigenvalue weighted by Gasteiger charge is 2.16. The number of hydrogen-bond donors (Lipinski definition) is 1. The Balaban J connectivity index is 1.35. The standard InChI is InChI=1S/C28H25ClFN3O/c1-18-12-22-13-19(17-33-10-2-3-11-33)16-31-27(22)15-26(18)32-28(34)24-9-6-21(14-25(24)30)20-4-7-23(29)8-5-20/h4-9,12-16H,2-3,10-11,17H2,1H3,(H,32,34). The zero-order valence-electron chi connectivity index (χ0n) is 18.9. The Bertz CT molecular complexity index is 1360. The minimum atomic E-state index is -0.576. The number of hydrogen-bond acceptors (Lipinski definition) is 3. The number of fused-ring (bicyclic) bond motifs is 1. The number of benzene rings is 3. The van der Waals surface area contributed by atoms with Gasteiger partial charge in [-0.3, -0.25) is 14.7 Å². The average molecular weight is 474 g/mol. The van der Waals surface area contributed by atoms with Crippen LogP contribution in [0.15, 0.2) is 66.9 Å². The molecule has 0 aliphatic carbocycles. The number of nitrogens with one attached hydrogen (secondary N) is 1. The molecule has 172 valence electrons. The normalized spacial score (nSPS) is 14.0. The number of amides is 1. The fourth-order valence-corrected chi connectivity index (χ4v) is 4.59. The number of nitrogens with zero attached hydrogens (tertiary/aromatic N) is 2. The first-order valence-electron chi connectivity index (χ1n) is 11.4. The summed E-state index contributed by atoms with van der Waals surface area (Å²) in [6.45, 7) is 5.12. The number of pyridine rings is 1. The molecule has 4 nitrogen and oxygen atoms in total. The second-order valence-corrected chi connectivity index (χ2v) is 9.28. The van der Waals surface area contributed by atoms with E-state index in [4.69, 9.17) is 11.6 Å². The van der Waals surface area contributed by atoms with Gasteiger partial charge < -0.3 is 5.32 Å². The van der Waals surface area contributed by atoms with E-state index >= 15 is 0 Å². The number of anilines is 1. The SMILES string of the molecule is Cc1cc2cc(CN3CCCC3)cnc2cc1NC(=O)c1ccc(-c2ccc(Cl)cc2)cc1F. The van der Waals surface area contributed by atoms with Gasteiger partial charge in [0.1, 0.15) is 5.82 Å². The van der Waals surface area contributed by atoms with Gasteiger partial charge in [-0.25, -0.2) is 4.39 Å². The van der Waals surface area contributed by atoms with Crippen molar-refractivity contribution in [3.8, 4) is 11.1 Å². The minimum Gasteiger partial charge on any atom is -0.322 e. The highest BCUT2D eigenvalue weighted by atomic mass is 35.5. The molecule has 1 aromatic heterocycles. The Morgan fingerprint density at radius 3 is 2.50 bits per heavy atom. The van der Waals surface area contributed by atoms with Crippen molar-refractivity contribution in [2.45, 2.75) is 26.3 Å². The predicted molar refractivity (Wildman–Crippen MR) is 136 cm³/mol. The van der Waals surface area contributed by atoms with E-state index in [-0.39, 0.29) is 5.56 Å². The van der Waals surface area contributed by atoms with Gasteiger partial charge in [0.15, 0.2) is 0 Å². The number of aromatic nitrogens is 1. The first kappa shape index (κ1) is 22.5. The number of halogens is 2. The second-order valence-electron chi connectivity index (χ2n) is 8.84. The summed E-state index contributed by atoms with van der Waals surface area (Å²) < 4.78 is 14.8. The van der Waals surface area contributed by atoms with Crippen molar-refractivity contribution in [2.24, 2.45) is 0 Å². The molecule has 0 radical (unpaired) electrons. The molecule has 3 aromatic carbocycles. The van der Waals surface area contributed by atoms with Crippen molar-refractivity contribution in [3.63, 3.8) is 0 Å². The van der Waals surface area contributed by atoms with Crippen LogP contribution >= 0.6 is 11.6 Å². The lowest BCUT2D eigenvalue weighted by Crippen LogP contribution is -2.18. The maximum absolute atomic E-state index is 14.8. The Labute approximate surface area is 203 Å². The van der Waals surface area contributed by atoms with Crippen LogP contribution in [0.5, 0.6) is 0 Å². The molecule has 4 aromatic rings. The molecular weight excluding hydrogens is 449 g/mol. The summed E-state index contributed by atoms with van der Waals surface area (Å²) in [6, 6.07) is 17.8. The Hall–Kier alpha value is -3.28. The third kappa shape index (κ3) is 4.81. The largest absolute Gasteiger partial charge is 0.322 e. The van der Waals surface area contributed by atoms with E-state index in [9.17, 15) is 9.18 Å². The molecule has 0 bridgehead atoms. The maximum Gasteiger partial charge on any atom is 0.258 e. The molecule has 1 N–H and O–H groups in total. The van der Waals surface area contributed by atoms with Gasteiger partial charge in [-0.05, 0) is 97.6 Å². The van der Waals surface area contributed by atoms with E-state index in [2.05, 4.69) is 21.3 Å². The topological polar surface area (TPSA) is 45.2 Å². The average Bonchev–Trinajstić information content (AvgIpc) is 3.33. The Morgan fingerprint density at radius 1 is 1.03 bits per heavy atom. The Kier molecular flexibility index (Phi) is 6.31. The summed E-state index contributed by atoms with van der Waals surface area (Å²) in [5.74, 6) is -1.07. The smallest absolute Gasteiger partial charge is 0.258 e. The van der Waals surface area contributed by atoms with Crippen LogP contribution in [-0.2, 0) is 6.54 Å². The van der Waals surface area contributed by atoms with Crippen LogP contribution in [0.3, 0.4) is 0 Å². The van der Waals surface area contributed by atoms with Crippen LogP contribution in [0, 0.1) is 12.7 Å². The van der Waals surface area contributed by atoms with Gasteiger partial charge >= 0.3 is 0 Å². The maximum atomic E-state index is 14.8. The summed E-state index contributed by atoms with van der Waals surface area (Å²) in [5.41, 5.74) is 5.01. The zero-order chi connectivity index (χ0) is 23.7. The predicted octanol–water partition coefficient (Wildman–Crippen LogP) is 6.85. The first-order chi connectivity index (χ1) is 16.5. The summed E-state index contributed by atoms with van der Waals surface area (Å²) >= 11 is 5.93. The molecule has 1 saturated heterocycles. The second kappa shape index (κ2) is 9.53. The lowest BCUT2D eigenvalue weighted by atomic mass is 10.0. The van der Waals surface area contributed by atoms with Crippen molar-refractivity contribution in [1.82, 2.24) is 9.88 Å². The van der Waals surface area contributed by atoms with Gasteiger partial charge in [-0.1, -0.05) is 29.8 Å². The highest BCUT2D eigenvalue weighted by molar-refractivity contribution is 6.30. The van der Waals surface area contributed by atoms with Crippen molar-refractivity contribution in [1.29, 1.82) is 0 Å². The van der Waals surface area contributed by atoms with E-state index in [1.54, 1.807) is 18.2 Å². The van der Waals surface area contributed by atoms with Crippen molar-refractivity contribution in [2.75, 3.05) is 18.4 Å². The summed E-state index contributed by atoms with van der Waals surface area (Å²) in [5, 5.41) is 4.50. The quantitative estimate of drug-likeness (QED) is 0.344. The van der Waals surface area contributed by atoms with E-state index < -0.39 is 11.7 Å². The van der Waals surface area contributed by atoms with Gasteiger partial charge in [-0.2, -0.15) is 0 Å². The van der Waals surface area contributed by atoms with Crippen LogP contribution in [0.2, 0.25) is 5.02 Å². The first-order valence-corrected chi connectivity index (χ1v) is 11.8. The lowest BCUT2D eigenvalue weighted by molar-refractivity contribution is 0.102. The molecule has 1 amide bonds. The summed E-state index contributed by atoms with van der Waals surface area (Å²) in [7, 11) is 0. The highest BCUT2D eigenvalue weighted by Crippen LogP contribution is 2.27. The number of likely N-dealkylation sites (tertiary alicyclic amines) is 1. The molecule has 1 aliphatic heterocycles. The molecule has 5 rings (SSSR count). The summed E-state index contributed by atoms with van der Waals surface area (Å²) in [6.07, 6.45) is 4.41. The molecule has 1 fully saturated rings. The molecule has 0 atom stereocenters. The molecule has 0 spiro atoms. The molecule has 0 saturated carbocycles. The van der Waals surface area contributed by atoms with Gasteiger partial charge in [-0.15, -0.1) is 0 Å². The van der Waals surface area contributed by atoms with Gasteiger partial charge in [0.05, 0.1) is 11.1 Å². The van der Waals surface area contributed by atoms with Gasteiger partial charge in [0.2, 0.25) is 0 Å². The lowest BCUT2D eigenvalue weighted by Gasteiger charge is -2.15. The van der Waals surface area contributed by atoms with Crippen LogP contribution in [0.4, 0.5) is 10.1 Å². The minimum absolute atomic E-state index is 0.00821. The van der Waals surface area contributed by atoms with E-state index in [1.165, 1.54) is 30.5 Å². The molecule has 6 heteroatoms. The fraction of sp³-hybridized carbons (Fsp3) is 0.214. The third-order valence-electron chi connectivity index (χ3n) is 6.33. The molecule has 34 heavy (non-hydrogen) atoms. The summed E-state index contributed by atoms with van der Waals surface area (Å²) in [4.78, 5) is 19.9. The van der Waals surface area contributed by atoms with Crippen LogP contribution in [-0.4, -0.2) is 28.9 Å². The van der Waals surface area contributed by atoms with E-state index in [0.717, 1.165) is 41.7 Å². The van der Waals surface area contributed by atoms with Crippen LogP contribution in [0.25, 0.3) is 22.0 Å². The number of carbonyl (C=O) groups is 1. The molecule has 2 heterocycles. The van der Waals surface area contributed by atoms with Crippen molar-refractivity contribution < 1.29 is 9.18 Å². The van der Waals surface area contributed by atoms with E-state index in [1.807, 2.05) is 37.4 Å². The van der Waals surface area contributed by atoms with E-state index in [0.29, 0.717) is 16.3 Å². The zero-order valence-corrected chi connectivity index (χ0v) is 19.7. The molecular formula is C28H25ClFN3O. The fourth-order valence-electron chi connectivity index (χ4n) is 4.47. The molecule has 0 unspecified atom stereocenters. The number of carbonyl (C=O) groups excluding carboxylic acids is 1.